The van der Waals surface area contributed by atoms with E-state index in [1.807, 2.05) is 41.2 Å². The summed E-state index contributed by atoms with van der Waals surface area (Å²) < 4.78 is 24.2. The molecule has 0 amide bonds. The van der Waals surface area contributed by atoms with E-state index in [0.29, 0.717) is 0 Å². The number of hydrogen-bond donors (Lipinski definition) is 1. The molecule has 0 aliphatic rings. The molecule has 0 radical (unpaired) electrons. The maximum Gasteiger partial charge on any atom is 0.276 e. The van der Waals surface area contributed by atoms with Crippen LogP contribution in [0.15, 0.2) is 70.2 Å². The monoisotopic (exact) mass is 345 g/mol. The van der Waals surface area contributed by atoms with Gasteiger partial charge in [0.25, 0.3) is 15.7 Å². The first-order valence-electron chi connectivity index (χ1n) is 6.91. The lowest BCUT2D eigenvalue weighted by Crippen LogP contribution is -2.18. The fourth-order valence-corrected chi connectivity index (χ4v) is 2.69. The van der Waals surface area contributed by atoms with Crippen molar-refractivity contribution in [1.29, 1.82) is 0 Å². The van der Waals surface area contributed by atoms with Crippen LogP contribution < -0.4 is 4.83 Å². The number of allylic oxidation sites excluding steroid dienone is 1. The van der Waals surface area contributed by atoms with Crippen molar-refractivity contribution in [2.75, 3.05) is 0 Å². The lowest BCUT2D eigenvalue weighted by atomic mass is 10.1. The van der Waals surface area contributed by atoms with E-state index in [1.54, 1.807) is 6.92 Å². The van der Waals surface area contributed by atoms with Gasteiger partial charge in [0.05, 0.1) is 16.0 Å². The third-order valence-electron chi connectivity index (χ3n) is 2.97. The predicted molar refractivity (Wildman–Crippen MR) is 92.0 cm³/mol. The zero-order chi connectivity index (χ0) is 17.6. The van der Waals surface area contributed by atoms with Gasteiger partial charge < -0.3 is 0 Å². The SMILES string of the molecule is CC(/C=N\NS(=O)(=O)c1cccc([N+](=O)[O-])c1)=C\c1ccccc1. The van der Waals surface area contributed by atoms with Gasteiger partial charge in [0.2, 0.25) is 0 Å². The molecule has 0 aromatic heterocycles. The molecule has 7 nitrogen and oxygen atoms in total. The third kappa shape index (κ3) is 4.75. The zero-order valence-electron chi connectivity index (χ0n) is 12.8. The van der Waals surface area contributed by atoms with Gasteiger partial charge in [0.1, 0.15) is 0 Å². The second-order valence-corrected chi connectivity index (χ2v) is 6.57. The summed E-state index contributed by atoms with van der Waals surface area (Å²) in [6.07, 6.45) is 3.20. The highest BCUT2D eigenvalue weighted by Crippen LogP contribution is 2.17. The highest BCUT2D eigenvalue weighted by Gasteiger charge is 2.16. The summed E-state index contributed by atoms with van der Waals surface area (Å²) in [5.74, 6) is 0. The summed E-state index contributed by atoms with van der Waals surface area (Å²) >= 11 is 0. The highest BCUT2D eigenvalue weighted by atomic mass is 32.2. The molecule has 0 unspecified atom stereocenters. The number of hydrogen-bond acceptors (Lipinski definition) is 5. The number of hydrazone groups is 1. The molecule has 0 spiro atoms. The number of nitrogens with zero attached hydrogens (tertiary/aromatic N) is 2. The number of nitro benzene ring substituents is 1. The predicted octanol–water partition coefficient (Wildman–Crippen LogP) is 2.96. The molecule has 0 bridgehead atoms. The third-order valence-corrected chi connectivity index (χ3v) is 4.19. The molecule has 24 heavy (non-hydrogen) atoms. The Morgan fingerprint density at radius 3 is 2.54 bits per heavy atom. The summed E-state index contributed by atoms with van der Waals surface area (Å²) in [4.78, 5) is 11.9. The van der Waals surface area contributed by atoms with Crippen LogP contribution in [0.1, 0.15) is 12.5 Å². The van der Waals surface area contributed by atoms with E-state index in [4.69, 9.17) is 0 Å². The van der Waals surface area contributed by atoms with E-state index >= 15 is 0 Å². The largest absolute Gasteiger partial charge is 0.276 e. The molecular weight excluding hydrogens is 330 g/mol. The van der Waals surface area contributed by atoms with Crippen molar-refractivity contribution in [2.45, 2.75) is 11.8 Å². The van der Waals surface area contributed by atoms with Gasteiger partial charge in [0.15, 0.2) is 0 Å². The Morgan fingerprint density at radius 1 is 1.17 bits per heavy atom. The van der Waals surface area contributed by atoms with Gasteiger partial charge in [-0.2, -0.15) is 13.5 Å². The van der Waals surface area contributed by atoms with Gasteiger partial charge in [-0.15, -0.1) is 0 Å². The van der Waals surface area contributed by atoms with Crippen LogP contribution in [0, 0.1) is 10.1 Å². The smallest absolute Gasteiger partial charge is 0.258 e. The van der Waals surface area contributed by atoms with Crippen molar-refractivity contribution in [1.82, 2.24) is 4.83 Å². The second-order valence-electron chi connectivity index (χ2n) is 4.91. The molecule has 0 aliphatic carbocycles. The van der Waals surface area contributed by atoms with Crippen LogP contribution in [0.4, 0.5) is 5.69 Å². The molecule has 0 aliphatic heterocycles. The number of sulfonamides is 1. The molecule has 2 aromatic rings. The molecule has 0 heterocycles. The van der Waals surface area contributed by atoms with Crippen molar-refractivity contribution < 1.29 is 13.3 Å². The molecule has 0 saturated heterocycles. The van der Waals surface area contributed by atoms with Gasteiger partial charge in [-0.25, -0.2) is 4.83 Å². The van der Waals surface area contributed by atoms with Crippen LogP contribution in [0.3, 0.4) is 0 Å². The van der Waals surface area contributed by atoms with Gasteiger partial charge in [-0.05, 0) is 24.1 Å². The molecular formula is C16H15N3O4S. The highest BCUT2D eigenvalue weighted by molar-refractivity contribution is 7.89. The first kappa shape index (κ1) is 17.4. The quantitative estimate of drug-likeness (QED) is 0.494. The Bertz CT molecular complexity index is 891. The van der Waals surface area contributed by atoms with E-state index in [1.165, 1.54) is 24.4 Å². The lowest BCUT2D eigenvalue weighted by Gasteiger charge is -2.03. The van der Waals surface area contributed by atoms with Gasteiger partial charge in [-0.3, -0.25) is 10.1 Å². The van der Waals surface area contributed by atoms with Gasteiger partial charge in [-0.1, -0.05) is 42.5 Å². The van der Waals surface area contributed by atoms with Crippen LogP contribution in [0.25, 0.3) is 6.08 Å². The molecule has 8 heteroatoms. The Kier molecular flexibility index (Phi) is 5.43. The number of rotatable bonds is 6. The van der Waals surface area contributed by atoms with Crippen molar-refractivity contribution >= 4 is 28.0 Å². The van der Waals surface area contributed by atoms with E-state index in [0.717, 1.165) is 17.2 Å². The first-order chi connectivity index (χ1) is 11.4. The number of non-ortho nitro benzene ring substituents is 1. The fourth-order valence-electron chi connectivity index (χ4n) is 1.86. The van der Waals surface area contributed by atoms with E-state index in [9.17, 15) is 18.5 Å². The molecule has 0 saturated carbocycles. The Hall–Kier alpha value is -3.00. The maximum atomic E-state index is 12.1. The van der Waals surface area contributed by atoms with Gasteiger partial charge >= 0.3 is 0 Å². The normalized spacial score (nSPS) is 12.3. The van der Waals surface area contributed by atoms with Crippen molar-refractivity contribution in [3.63, 3.8) is 0 Å². The van der Waals surface area contributed by atoms with Gasteiger partial charge in [0, 0.05) is 12.1 Å². The lowest BCUT2D eigenvalue weighted by molar-refractivity contribution is -0.385. The molecule has 2 rings (SSSR count). The van der Waals surface area contributed by atoms with Crippen LogP contribution in [0.5, 0.6) is 0 Å². The second kappa shape index (κ2) is 7.51. The summed E-state index contributed by atoms with van der Waals surface area (Å²) in [5, 5.41) is 14.4. The summed E-state index contributed by atoms with van der Waals surface area (Å²) in [7, 11) is -3.96. The minimum atomic E-state index is -3.96. The van der Waals surface area contributed by atoms with Crippen LogP contribution in [0.2, 0.25) is 0 Å². The maximum absolute atomic E-state index is 12.1. The summed E-state index contributed by atoms with van der Waals surface area (Å²) in [6.45, 7) is 1.78. The molecule has 1 N–H and O–H groups in total. The number of benzene rings is 2. The number of nitro groups is 1. The molecule has 2 aromatic carbocycles. The van der Waals surface area contributed by atoms with Crippen LogP contribution in [-0.4, -0.2) is 19.6 Å². The number of nitrogens with one attached hydrogen (secondary N) is 1. The average Bonchev–Trinajstić information content (AvgIpc) is 2.55. The van der Waals surface area contributed by atoms with E-state index in [-0.39, 0.29) is 10.6 Å². The topological polar surface area (TPSA) is 102 Å². The first-order valence-corrected chi connectivity index (χ1v) is 8.39. The summed E-state index contributed by atoms with van der Waals surface area (Å²) in [5.41, 5.74) is 1.40. The molecule has 0 fully saturated rings. The van der Waals surface area contributed by atoms with Crippen molar-refractivity contribution in [3.05, 3.63) is 75.8 Å². The van der Waals surface area contributed by atoms with Crippen molar-refractivity contribution in [3.8, 4) is 0 Å². The Balaban J connectivity index is 2.11. The minimum absolute atomic E-state index is 0.224. The standard InChI is InChI=1S/C16H15N3O4S/c1-13(10-14-6-3-2-4-7-14)12-17-18-24(22,23)16-9-5-8-15(11-16)19(20)21/h2-12,18H,1H3/b13-10+,17-12-. The van der Waals surface area contributed by atoms with E-state index in [2.05, 4.69) is 5.10 Å². The minimum Gasteiger partial charge on any atom is -0.258 e. The summed E-state index contributed by atoms with van der Waals surface area (Å²) in [6, 6.07) is 14.2. The molecule has 0 atom stereocenters. The van der Waals surface area contributed by atoms with Crippen LogP contribution >= 0.6 is 0 Å². The van der Waals surface area contributed by atoms with Crippen LogP contribution in [-0.2, 0) is 10.0 Å². The average molecular weight is 345 g/mol. The Morgan fingerprint density at radius 2 is 1.88 bits per heavy atom. The van der Waals surface area contributed by atoms with E-state index < -0.39 is 14.9 Å². The fraction of sp³-hybridized carbons (Fsp3) is 0.0625. The van der Waals surface area contributed by atoms with Crippen molar-refractivity contribution in [2.24, 2.45) is 5.10 Å². The zero-order valence-corrected chi connectivity index (χ0v) is 13.6. The molecule has 124 valence electrons. The Labute approximate surface area is 139 Å².